The van der Waals surface area contributed by atoms with Crippen LogP contribution in [0.1, 0.15) is 43.4 Å². The lowest BCUT2D eigenvalue weighted by atomic mass is 10.0. The van der Waals surface area contributed by atoms with Crippen LogP contribution in [0, 0.1) is 6.92 Å². The minimum absolute atomic E-state index is 0.243. The topological polar surface area (TPSA) is 106 Å². The molecule has 0 bridgehead atoms. The zero-order valence-corrected chi connectivity index (χ0v) is 26.2. The van der Waals surface area contributed by atoms with E-state index in [9.17, 15) is 4.79 Å². The zero-order chi connectivity index (χ0) is 31.3. The minimum atomic E-state index is -0.243. The first-order valence-electron chi connectivity index (χ1n) is 15.1. The summed E-state index contributed by atoms with van der Waals surface area (Å²) in [5.74, 6) is 2.32. The number of aromatic amines is 1. The Hall–Kier alpha value is -4.85. The molecule has 2 aromatic carbocycles. The van der Waals surface area contributed by atoms with Gasteiger partial charge in [0.1, 0.15) is 17.4 Å². The normalized spacial score (nSPS) is 11.6. The van der Waals surface area contributed by atoms with Crippen molar-refractivity contribution in [2.24, 2.45) is 5.73 Å². The molecule has 8 nitrogen and oxygen atoms in total. The van der Waals surface area contributed by atoms with Crippen LogP contribution >= 0.6 is 0 Å². The van der Waals surface area contributed by atoms with E-state index in [1.54, 1.807) is 12.4 Å². The van der Waals surface area contributed by atoms with Crippen molar-refractivity contribution in [3.05, 3.63) is 108 Å². The molecule has 44 heavy (non-hydrogen) atoms. The van der Waals surface area contributed by atoms with Crippen LogP contribution < -0.4 is 15.4 Å². The number of imidazole rings is 1. The van der Waals surface area contributed by atoms with Gasteiger partial charge in [0.05, 0.1) is 25.7 Å². The number of aryl methyl sites for hydroxylation is 1. The number of unbranched alkanes of at least 4 members (excludes halogenated alkanes) is 1. The molecule has 0 amide bonds. The molecular formula is C36H43N5O3. The Kier molecular flexibility index (Phi) is 11.8. The van der Waals surface area contributed by atoms with Crippen LogP contribution in [0.15, 0.2) is 91.0 Å². The summed E-state index contributed by atoms with van der Waals surface area (Å²) in [6.07, 6.45) is 14.3. The van der Waals surface area contributed by atoms with Crippen molar-refractivity contribution in [2.45, 2.75) is 46.5 Å². The monoisotopic (exact) mass is 593 g/mol. The van der Waals surface area contributed by atoms with Crippen LogP contribution in [0.25, 0.3) is 22.5 Å². The predicted octanol–water partition coefficient (Wildman–Crippen LogP) is 6.81. The maximum Gasteiger partial charge on any atom is 0.309 e. The maximum atomic E-state index is 11.5. The van der Waals surface area contributed by atoms with E-state index in [-0.39, 0.29) is 12.4 Å². The average Bonchev–Trinajstić information content (AvgIpc) is 3.58. The summed E-state index contributed by atoms with van der Waals surface area (Å²) < 4.78 is 11.0. The third-order valence-corrected chi connectivity index (χ3v) is 7.45. The molecule has 0 radical (unpaired) electrons. The number of rotatable bonds is 15. The maximum absolute atomic E-state index is 11.5. The molecule has 0 fully saturated rings. The second-order valence-electron chi connectivity index (χ2n) is 10.8. The molecule has 230 valence electrons. The van der Waals surface area contributed by atoms with Gasteiger partial charge in [0.25, 0.3) is 0 Å². The largest absolute Gasteiger partial charge is 0.493 e. The fourth-order valence-corrected chi connectivity index (χ4v) is 5.02. The molecule has 3 N–H and O–H groups in total. The van der Waals surface area contributed by atoms with Crippen molar-refractivity contribution in [1.29, 1.82) is 0 Å². The zero-order valence-electron chi connectivity index (χ0n) is 26.2. The van der Waals surface area contributed by atoms with Crippen LogP contribution in [0.3, 0.4) is 0 Å². The highest BCUT2D eigenvalue weighted by molar-refractivity contribution is 5.73. The number of hydrogen-bond donors (Lipinski definition) is 2. The van der Waals surface area contributed by atoms with Crippen LogP contribution in [-0.2, 0) is 22.4 Å². The number of likely N-dealkylation sites (N-methyl/N-ethyl adjacent to an activating group) is 1. The van der Waals surface area contributed by atoms with Gasteiger partial charge in [0.2, 0.25) is 0 Å². The fraction of sp³-hybridized carbons (Fsp3) is 0.306. The van der Waals surface area contributed by atoms with Gasteiger partial charge in [0.15, 0.2) is 0 Å². The van der Waals surface area contributed by atoms with E-state index in [0.29, 0.717) is 13.0 Å². The second-order valence-corrected chi connectivity index (χ2v) is 10.8. The molecule has 0 saturated heterocycles. The highest BCUT2D eigenvalue weighted by atomic mass is 16.5. The first kappa shape index (κ1) is 32.1. The number of allylic oxidation sites excluding steroid dienone is 2. The van der Waals surface area contributed by atoms with E-state index in [1.165, 1.54) is 12.7 Å². The van der Waals surface area contributed by atoms with E-state index < -0.39 is 0 Å². The highest BCUT2D eigenvalue weighted by Crippen LogP contribution is 2.29. The van der Waals surface area contributed by atoms with Gasteiger partial charge in [-0.1, -0.05) is 48.1 Å². The first-order valence-corrected chi connectivity index (χ1v) is 15.1. The van der Waals surface area contributed by atoms with E-state index in [4.69, 9.17) is 20.2 Å². The Morgan fingerprint density at radius 1 is 1.05 bits per heavy atom. The lowest BCUT2D eigenvalue weighted by Crippen LogP contribution is -2.26. The standard InChI is InChI=1S/C36H43N5O3/c1-5-41(25-26(2)9-7-6-8-17-37)36-32(35-38-18-19-39-35)22-29(24-40-36)16-20-44-33-15-14-31(21-27(33)3)30-12-10-28(11-13-30)23-34(42)43-4/h8-15,17-19,21-22,24H,5-7,16,20,23,25,37H2,1-4H3,(H,38,39)/b17-8-,26-9-. The molecular weight excluding hydrogens is 550 g/mol. The number of H-pyrrole nitrogens is 1. The lowest BCUT2D eigenvalue weighted by molar-refractivity contribution is -0.139. The third kappa shape index (κ3) is 8.83. The van der Waals surface area contributed by atoms with Crippen LogP contribution in [0.2, 0.25) is 0 Å². The highest BCUT2D eigenvalue weighted by Gasteiger charge is 2.16. The molecule has 8 heteroatoms. The van der Waals surface area contributed by atoms with Gasteiger partial charge in [-0.25, -0.2) is 9.97 Å². The Morgan fingerprint density at radius 2 is 1.84 bits per heavy atom. The molecule has 0 aliphatic heterocycles. The summed E-state index contributed by atoms with van der Waals surface area (Å²) in [4.78, 5) is 26.5. The van der Waals surface area contributed by atoms with Gasteiger partial charge in [-0.05, 0) is 85.8 Å². The Morgan fingerprint density at radius 3 is 2.52 bits per heavy atom. The molecule has 2 aromatic heterocycles. The number of hydrogen-bond acceptors (Lipinski definition) is 7. The van der Waals surface area contributed by atoms with Crippen molar-refractivity contribution in [3.63, 3.8) is 0 Å². The summed E-state index contributed by atoms with van der Waals surface area (Å²) >= 11 is 0. The number of nitrogens with one attached hydrogen (secondary N) is 1. The van der Waals surface area contributed by atoms with Gasteiger partial charge < -0.3 is 25.1 Å². The lowest BCUT2D eigenvalue weighted by Gasteiger charge is -2.25. The molecule has 0 saturated carbocycles. The molecule has 0 unspecified atom stereocenters. The van der Waals surface area contributed by atoms with Gasteiger partial charge in [-0.3, -0.25) is 4.79 Å². The molecule has 0 atom stereocenters. The van der Waals surface area contributed by atoms with E-state index in [2.05, 4.69) is 59.9 Å². The Balaban J connectivity index is 1.42. The molecule has 4 rings (SSSR count). The van der Waals surface area contributed by atoms with Gasteiger partial charge in [0, 0.05) is 38.1 Å². The first-order chi connectivity index (χ1) is 21.4. The van der Waals surface area contributed by atoms with E-state index in [0.717, 1.165) is 76.7 Å². The summed E-state index contributed by atoms with van der Waals surface area (Å²) in [6, 6.07) is 16.3. The van der Waals surface area contributed by atoms with Crippen molar-refractivity contribution >= 4 is 11.8 Å². The molecule has 4 aromatic rings. The number of nitrogens with zero attached hydrogens (tertiary/aromatic N) is 3. The quantitative estimate of drug-likeness (QED) is 0.0886. The van der Waals surface area contributed by atoms with Gasteiger partial charge >= 0.3 is 5.97 Å². The van der Waals surface area contributed by atoms with E-state index >= 15 is 0 Å². The number of anilines is 1. The summed E-state index contributed by atoms with van der Waals surface area (Å²) in [5, 5.41) is 0. The van der Waals surface area contributed by atoms with Crippen LogP contribution in [0.4, 0.5) is 5.82 Å². The number of esters is 1. The average molecular weight is 594 g/mol. The number of carbonyl (C=O) groups is 1. The van der Waals surface area contributed by atoms with Crippen molar-refractivity contribution in [1.82, 2.24) is 15.0 Å². The number of carbonyl (C=O) groups excluding carboxylic acids is 1. The number of ether oxygens (including phenoxy) is 2. The summed E-state index contributed by atoms with van der Waals surface area (Å²) in [7, 11) is 1.40. The van der Waals surface area contributed by atoms with Gasteiger partial charge in [-0.15, -0.1) is 0 Å². The Bertz CT molecular complexity index is 1560. The Labute approximate surface area is 260 Å². The smallest absolute Gasteiger partial charge is 0.309 e. The molecule has 2 heterocycles. The summed E-state index contributed by atoms with van der Waals surface area (Å²) in [6.45, 7) is 8.50. The fourth-order valence-electron chi connectivity index (χ4n) is 5.02. The van der Waals surface area contributed by atoms with Crippen LogP contribution in [0.5, 0.6) is 5.75 Å². The third-order valence-electron chi connectivity index (χ3n) is 7.45. The van der Waals surface area contributed by atoms with Crippen LogP contribution in [-0.4, -0.2) is 47.7 Å². The number of aromatic nitrogens is 3. The number of methoxy groups -OCH3 is 1. The second kappa shape index (κ2) is 16.1. The molecule has 0 aliphatic rings. The van der Waals surface area contributed by atoms with E-state index in [1.807, 2.05) is 48.8 Å². The van der Waals surface area contributed by atoms with Crippen molar-refractivity contribution in [3.8, 4) is 28.3 Å². The van der Waals surface area contributed by atoms with Gasteiger partial charge in [-0.2, -0.15) is 0 Å². The number of pyridine rings is 1. The molecule has 0 aliphatic carbocycles. The molecule has 0 spiro atoms. The minimum Gasteiger partial charge on any atom is -0.493 e. The number of nitrogens with two attached hydrogens (primary N) is 1. The predicted molar refractivity (Wildman–Crippen MR) is 178 cm³/mol. The summed E-state index contributed by atoms with van der Waals surface area (Å²) in [5.41, 5.74) is 13.0. The van der Waals surface area contributed by atoms with Crippen molar-refractivity contribution < 1.29 is 14.3 Å². The number of benzene rings is 2. The van der Waals surface area contributed by atoms with Crippen molar-refractivity contribution in [2.75, 3.05) is 31.7 Å². The SMILES string of the molecule is CCN(C/C(C)=C\CC/C=C\N)c1ncc(CCOc2ccc(-c3ccc(CC(=O)OC)cc3)cc2C)cc1-c1ncc[nH]1.